The largest absolute Gasteiger partial charge is 0.456 e. The smallest absolute Gasteiger partial charge is 0.135 e. The van der Waals surface area contributed by atoms with Crippen LogP contribution in [-0.2, 0) is 12.8 Å². The van der Waals surface area contributed by atoms with Gasteiger partial charge in [-0.1, -0.05) is 39.5 Å². The molecular formula is C24H32O. The van der Waals surface area contributed by atoms with Crippen LogP contribution in [0.4, 0.5) is 0 Å². The van der Waals surface area contributed by atoms with Crippen LogP contribution in [0.1, 0.15) is 74.6 Å². The van der Waals surface area contributed by atoms with Crippen LogP contribution in [0.2, 0.25) is 0 Å². The number of unbranched alkanes of at least 4 members (excludes halogenated alkanes) is 4. The zero-order chi connectivity index (χ0) is 17.8. The number of benzene rings is 2. The van der Waals surface area contributed by atoms with Gasteiger partial charge in [0, 0.05) is 10.8 Å². The Labute approximate surface area is 152 Å². The number of rotatable bonds is 8. The lowest BCUT2D eigenvalue weighted by Gasteiger charge is -2.07. The average Bonchev–Trinajstić information content (AvgIpc) is 2.91. The van der Waals surface area contributed by atoms with E-state index in [4.69, 9.17) is 4.42 Å². The molecule has 0 amide bonds. The maximum atomic E-state index is 6.18. The number of furan rings is 1. The highest BCUT2D eigenvalue weighted by molar-refractivity contribution is 6.05. The van der Waals surface area contributed by atoms with Crippen molar-refractivity contribution in [3.63, 3.8) is 0 Å². The summed E-state index contributed by atoms with van der Waals surface area (Å²) in [5.41, 5.74) is 7.77. The molecule has 0 spiro atoms. The van der Waals surface area contributed by atoms with Crippen molar-refractivity contribution in [2.75, 3.05) is 0 Å². The highest BCUT2D eigenvalue weighted by Gasteiger charge is 2.12. The predicted molar refractivity (Wildman–Crippen MR) is 110 cm³/mol. The predicted octanol–water partition coefficient (Wildman–Crippen LogP) is 7.67. The van der Waals surface area contributed by atoms with E-state index in [0.717, 1.165) is 11.2 Å². The Hall–Kier alpha value is -1.76. The SMILES string of the molecule is CCCCCc1cc2c(cc1C)oc1cc(C)c(CCCCC)cc12. The van der Waals surface area contributed by atoms with Gasteiger partial charge in [0.25, 0.3) is 0 Å². The van der Waals surface area contributed by atoms with E-state index in [1.54, 1.807) is 0 Å². The minimum atomic E-state index is 1.04. The van der Waals surface area contributed by atoms with Crippen LogP contribution in [0.5, 0.6) is 0 Å². The Kier molecular flexibility index (Phi) is 5.83. The van der Waals surface area contributed by atoms with Gasteiger partial charge in [-0.3, -0.25) is 0 Å². The second kappa shape index (κ2) is 8.08. The monoisotopic (exact) mass is 336 g/mol. The van der Waals surface area contributed by atoms with Crippen LogP contribution < -0.4 is 0 Å². The van der Waals surface area contributed by atoms with E-state index in [1.165, 1.54) is 84.4 Å². The van der Waals surface area contributed by atoms with Gasteiger partial charge in [0.2, 0.25) is 0 Å². The molecular weight excluding hydrogens is 304 g/mol. The summed E-state index contributed by atoms with van der Waals surface area (Å²) in [5, 5.41) is 2.59. The molecule has 134 valence electrons. The van der Waals surface area contributed by atoms with Crippen LogP contribution >= 0.6 is 0 Å². The molecule has 0 N–H and O–H groups in total. The molecule has 25 heavy (non-hydrogen) atoms. The van der Waals surface area contributed by atoms with Crippen molar-refractivity contribution in [1.82, 2.24) is 0 Å². The van der Waals surface area contributed by atoms with Crippen molar-refractivity contribution in [2.24, 2.45) is 0 Å². The average molecular weight is 337 g/mol. The first-order chi connectivity index (χ1) is 12.1. The second-order valence-corrected chi connectivity index (χ2v) is 7.57. The molecule has 3 rings (SSSR count). The molecule has 1 heteroatoms. The summed E-state index contributed by atoms with van der Waals surface area (Å²) in [6.45, 7) is 8.97. The number of hydrogen-bond donors (Lipinski definition) is 0. The van der Waals surface area contributed by atoms with Gasteiger partial charge in [-0.2, -0.15) is 0 Å². The van der Waals surface area contributed by atoms with E-state index in [2.05, 4.69) is 52.0 Å². The Balaban J connectivity index is 2.01. The van der Waals surface area contributed by atoms with Crippen LogP contribution in [0, 0.1) is 13.8 Å². The lowest BCUT2D eigenvalue weighted by Crippen LogP contribution is -1.91. The first kappa shape index (κ1) is 18.0. The quantitative estimate of drug-likeness (QED) is 0.385. The van der Waals surface area contributed by atoms with Gasteiger partial charge in [-0.05, 0) is 86.1 Å². The third kappa shape index (κ3) is 3.92. The van der Waals surface area contributed by atoms with Crippen molar-refractivity contribution in [2.45, 2.75) is 79.1 Å². The van der Waals surface area contributed by atoms with E-state index in [0.29, 0.717) is 0 Å². The van der Waals surface area contributed by atoms with E-state index in [1.807, 2.05) is 0 Å². The minimum absolute atomic E-state index is 1.04. The Bertz CT molecular complexity index is 783. The molecule has 0 saturated heterocycles. The standard InChI is InChI=1S/C24H32O/c1-5-7-9-11-19-15-21-22-16-20(12-10-8-6-2)18(4)14-24(22)25-23(21)13-17(19)3/h13-16H,5-12H2,1-4H3. The highest BCUT2D eigenvalue weighted by atomic mass is 16.3. The summed E-state index contributed by atoms with van der Waals surface area (Å²) >= 11 is 0. The molecule has 0 bridgehead atoms. The van der Waals surface area contributed by atoms with Crippen molar-refractivity contribution in [3.8, 4) is 0 Å². The van der Waals surface area contributed by atoms with Crippen molar-refractivity contribution >= 4 is 21.9 Å². The summed E-state index contributed by atoms with van der Waals surface area (Å²) in [6.07, 6.45) is 10.1. The lowest BCUT2D eigenvalue weighted by atomic mass is 9.97. The Morgan fingerprint density at radius 1 is 0.640 bits per heavy atom. The summed E-state index contributed by atoms with van der Waals surface area (Å²) in [4.78, 5) is 0. The van der Waals surface area contributed by atoms with Crippen molar-refractivity contribution < 1.29 is 4.42 Å². The normalized spacial score (nSPS) is 11.7. The molecule has 0 fully saturated rings. The third-order valence-electron chi connectivity index (χ3n) is 5.49. The Morgan fingerprint density at radius 2 is 1.08 bits per heavy atom. The number of fused-ring (bicyclic) bond motifs is 3. The van der Waals surface area contributed by atoms with Crippen molar-refractivity contribution in [3.05, 3.63) is 46.5 Å². The molecule has 1 nitrogen and oxygen atoms in total. The minimum Gasteiger partial charge on any atom is -0.456 e. The molecule has 3 aromatic rings. The van der Waals surface area contributed by atoms with Crippen LogP contribution in [0.25, 0.3) is 21.9 Å². The van der Waals surface area contributed by atoms with Gasteiger partial charge in [-0.25, -0.2) is 0 Å². The summed E-state index contributed by atoms with van der Waals surface area (Å²) in [5.74, 6) is 0. The maximum Gasteiger partial charge on any atom is 0.135 e. The zero-order valence-electron chi connectivity index (χ0n) is 16.4. The van der Waals surface area contributed by atoms with Crippen molar-refractivity contribution in [1.29, 1.82) is 0 Å². The molecule has 0 atom stereocenters. The van der Waals surface area contributed by atoms with E-state index < -0.39 is 0 Å². The van der Waals surface area contributed by atoms with Gasteiger partial charge in [0.15, 0.2) is 0 Å². The molecule has 0 saturated carbocycles. The Morgan fingerprint density at radius 3 is 1.48 bits per heavy atom. The second-order valence-electron chi connectivity index (χ2n) is 7.57. The van der Waals surface area contributed by atoms with Gasteiger partial charge >= 0.3 is 0 Å². The number of aryl methyl sites for hydroxylation is 4. The van der Waals surface area contributed by atoms with Gasteiger partial charge in [-0.15, -0.1) is 0 Å². The summed E-state index contributed by atoms with van der Waals surface area (Å²) in [7, 11) is 0. The first-order valence-electron chi connectivity index (χ1n) is 10.1. The topological polar surface area (TPSA) is 13.1 Å². The third-order valence-corrected chi connectivity index (χ3v) is 5.49. The first-order valence-corrected chi connectivity index (χ1v) is 10.1. The molecule has 2 aromatic carbocycles. The molecule has 1 heterocycles. The van der Waals surface area contributed by atoms with E-state index in [-0.39, 0.29) is 0 Å². The van der Waals surface area contributed by atoms with Gasteiger partial charge in [0.05, 0.1) is 0 Å². The van der Waals surface area contributed by atoms with Gasteiger partial charge < -0.3 is 4.42 Å². The fraction of sp³-hybridized carbons (Fsp3) is 0.500. The van der Waals surface area contributed by atoms with Crippen LogP contribution in [0.3, 0.4) is 0 Å². The van der Waals surface area contributed by atoms with E-state index in [9.17, 15) is 0 Å². The molecule has 1 aromatic heterocycles. The fourth-order valence-corrected chi connectivity index (χ4v) is 3.83. The van der Waals surface area contributed by atoms with E-state index >= 15 is 0 Å². The molecule has 0 radical (unpaired) electrons. The fourth-order valence-electron chi connectivity index (χ4n) is 3.83. The maximum absolute atomic E-state index is 6.18. The molecule has 0 aliphatic rings. The summed E-state index contributed by atoms with van der Waals surface area (Å²) < 4.78 is 6.18. The van der Waals surface area contributed by atoms with Crippen LogP contribution in [0.15, 0.2) is 28.7 Å². The zero-order valence-corrected chi connectivity index (χ0v) is 16.4. The lowest BCUT2D eigenvalue weighted by molar-refractivity contribution is 0.666. The van der Waals surface area contributed by atoms with Crippen LogP contribution in [-0.4, -0.2) is 0 Å². The molecule has 0 unspecified atom stereocenters. The molecule has 0 aliphatic carbocycles. The molecule has 0 aliphatic heterocycles. The number of hydrogen-bond acceptors (Lipinski definition) is 1. The van der Waals surface area contributed by atoms with Gasteiger partial charge in [0.1, 0.15) is 11.2 Å². The summed E-state index contributed by atoms with van der Waals surface area (Å²) in [6, 6.07) is 9.25. The highest BCUT2D eigenvalue weighted by Crippen LogP contribution is 2.33.